The molecule has 6 nitrogen and oxygen atoms in total. The molecule has 0 aliphatic carbocycles. The van der Waals surface area contributed by atoms with Crippen LogP contribution in [0.4, 0.5) is 0 Å². The topological polar surface area (TPSA) is 84.1 Å². The first-order chi connectivity index (χ1) is 9.89. The van der Waals surface area contributed by atoms with Gasteiger partial charge in [0.05, 0.1) is 23.9 Å². The molecular formula is C14H21N3O3S. The number of rotatable bonds is 7. The Bertz CT molecular complexity index is 707. The quantitative estimate of drug-likeness (QED) is 0.815. The molecule has 0 saturated carbocycles. The first-order valence-corrected chi connectivity index (χ1v) is 8.55. The second kappa shape index (κ2) is 6.44. The number of aromatic amines is 1. The summed E-state index contributed by atoms with van der Waals surface area (Å²) in [6.07, 6.45) is 0.522. The normalized spacial score (nSPS) is 12.2. The third-order valence-corrected chi connectivity index (χ3v) is 4.72. The van der Waals surface area contributed by atoms with Gasteiger partial charge in [-0.3, -0.25) is 0 Å². The van der Waals surface area contributed by atoms with E-state index in [9.17, 15) is 8.42 Å². The first-order valence-electron chi connectivity index (χ1n) is 6.89. The maximum atomic E-state index is 11.7. The van der Waals surface area contributed by atoms with Gasteiger partial charge >= 0.3 is 0 Å². The molecule has 0 spiro atoms. The summed E-state index contributed by atoms with van der Waals surface area (Å²) in [4.78, 5) is 7.59. The fourth-order valence-corrected chi connectivity index (χ4v) is 3.52. The second-order valence-corrected chi connectivity index (χ2v) is 7.24. The van der Waals surface area contributed by atoms with Crippen LogP contribution in [0.5, 0.6) is 5.75 Å². The molecule has 116 valence electrons. The predicted molar refractivity (Wildman–Crippen MR) is 83.0 cm³/mol. The average molecular weight is 311 g/mol. The summed E-state index contributed by atoms with van der Waals surface area (Å²) in [6, 6.07) is 5.59. The van der Waals surface area contributed by atoms with E-state index in [-0.39, 0.29) is 11.7 Å². The Kier molecular flexibility index (Phi) is 4.84. The fourth-order valence-electron chi connectivity index (χ4n) is 2.11. The van der Waals surface area contributed by atoms with Gasteiger partial charge in [0.15, 0.2) is 0 Å². The lowest BCUT2D eigenvalue weighted by atomic mass is 10.3. The van der Waals surface area contributed by atoms with Crippen molar-refractivity contribution in [2.24, 2.45) is 5.92 Å². The third-order valence-electron chi connectivity index (χ3n) is 2.97. The van der Waals surface area contributed by atoms with Crippen molar-refractivity contribution in [1.29, 1.82) is 0 Å². The minimum absolute atomic E-state index is 0.112. The highest BCUT2D eigenvalue weighted by Gasteiger charge is 2.12. The van der Waals surface area contributed by atoms with Gasteiger partial charge in [-0.25, -0.2) is 18.1 Å². The summed E-state index contributed by atoms with van der Waals surface area (Å²) in [6.45, 7) is 4.10. The third kappa shape index (κ3) is 4.44. The molecule has 1 aromatic heterocycles. The van der Waals surface area contributed by atoms with E-state index in [2.05, 4.69) is 14.7 Å². The zero-order chi connectivity index (χ0) is 15.5. The van der Waals surface area contributed by atoms with Crippen LogP contribution in [0.1, 0.15) is 19.7 Å². The van der Waals surface area contributed by atoms with Gasteiger partial charge in [-0.05, 0) is 18.1 Å². The zero-order valence-electron chi connectivity index (χ0n) is 12.5. The van der Waals surface area contributed by atoms with Crippen LogP contribution in [0.25, 0.3) is 11.0 Å². The highest BCUT2D eigenvalue weighted by molar-refractivity contribution is 7.89. The number of benzene rings is 1. The number of aromatic nitrogens is 2. The minimum Gasteiger partial charge on any atom is -0.497 e. The van der Waals surface area contributed by atoms with Crippen LogP contribution in [0.15, 0.2) is 18.2 Å². The van der Waals surface area contributed by atoms with Crippen molar-refractivity contribution >= 4 is 21.1 Å². The number of hydrogen-bond donors (Lipinski definition) is 2. The van der Waals surface area contributed by atoms with Crippen molar-refractivity contribution in [3.05, 3.63) is 24.0 Å². The van der Waals surface area contributed by atoms with E-state index < -0.39 is 10.0 Å². The van der Waals surface area contributed by atoms with Crippen LogP contribution in [0.3, 0.4) is 0 Å². The van der Waals surface area contributed by atoms with Gasteiger partial charge in [0, 0.05) is 19.0 Å². The molecule has 0 aliphatic rings. The summed E-state index contributed by atoms with van der Waals surface area (Å²) >= 11 is 0. The van der Waals surface area contributed by atoms with E-state index in [1.54, 1.807) is 7.11 Å². The zero-order valence-corrected chi connectivity index (χ0v) is 13.3. The van der Waals surface area contributed by atoms with Gasteiger partial charge in [0.1, 0.15) is 11.6 Å². The van der Waals surface area contributed by atoms with Crippen LogP contribution in [0, 0.1) is 5.92 Å². The van der Waals surface area contributed by atoms with Crippen LogP contribution >= 0.6 is 0 Å². The average Bonchev–Trinajstić information content (AvgIpc) is 2.78. The Balaban J connectivity index is 1.98. The number of methoxy groups -OCH3 is 1. The summed E-state index contributed by atoms with van der Waals surface area (Å²) in [7, 11) is -1.59. The molecule has 0 bridgehead atoms. The Morgan fingerprint density at radius 3 is 2.81 bits per heavy atom. The van der Waals surface area contributed by atoms with Gasteiger partial charge in [0.2, 0.25) is 10.0 Å². The number of nitrogens with zero attached hydrogens (tertiary/aromatic N) is 1. The van der Waals surface area contributed by atoms with Gasteiger partial charge in [0.25, 0.3) is 0 Å². The number of hydrogen-bond acceptors (Lipinski definition) is 4. The lowest BCUT2D eigenvalue weighted by Crippen LogP contribution is -2.30. The smallest absolute Gasteiger partial charge is 0.211 e. The summed E-state index contributed by atoms with van der Waals surface area (Å²) in [5.74, 6) is 1.77. The highest BCUT2D eigenvalue weighted by Crippen LogP contribution is 2.18. The van der Waals surface area contributed by atoms with Crippen molar-refractivity contribution < 1.29 is 13.2 Å². The summed E-state index contributed by atoms with van der Waals surface area (Å²) in [5.41, 5.74) is 1.73. The predicted octanol–water partition coefficient (Wildman–Crippen LogP) is 1.69. The van der Waals surface area contributed by atoms with E-state index >= 15 is 0 Å². The van der Waals surface area contributed by atoms with E-state index in [0.717, 1.165) is 22.6 Å². The van der Waals surface area contributed by atoms with Crippen molar-refractivity contribution in [3.8, 4) is 5.75 Å². The van der Waals surface area contributed by atoms with Gasteiger partial charge in [-0.2, -0.15) is 0 Å². The molecule has 2 aromatic rings. The molecule has 21 heavy (non-hydrogen) atoms. The van der Waals surface area contributed by atoms with E-state index in [4.69, 9.17) is 4.74 Å². The number of H-pyrrole nitrogens is 1. The van der Waals surface area contributed by atoms with Crippen LogP contribution < -0.4 is 9.46 Å². The number of ether oxygens (including phenoxy) is 1. The molecule has 2 N–H and O–H groups in total. The van der Waals surface area contributed by atoms with Gasteiger partial charge < -0.3 is 9.72 Å². The van der Waals surface area contributed by atoms with E-state index in [1.165, 1.54) is 0 Å². The number of nitrogens with one attached hydrogen (secondary N) is 2. The molecule has 0 radical (unpaired) electrons. The molecule has 0 saturated heterocycles. The molecule has 7 heteroatoms. The summed E-state index contributed by atoms with van der Waals surface area (Å²) in [5, 5.41) is 0. The van der Waals surface area contributed by atoms with E-state index in [0.29, 0.717) is 13.0 Å². The van der Waals surface area contributed by atoms with Crippen molar-refractivity contribution in [1.82, 2.24) is 14.7 Å². The maximum Gasteiger partial charge on any atom is 0.211 e. The Labute approximate surface area is 125 Å². The lowest BCUT2D eigenvalue weighted by molar-refractivity contribution is 0.415. The Hall–Kier alpha value is -1.60. The summed E-state index contributed by atoms with van der Waals surface area (Å²) < 4.78 is 31.2. The van der Waals surface area contributed by atoms with Crippen molar-refractivity contribution in [2.75, 3.05) is 19.4 Å². The standard InChI is InChI=1S/C14H21N3O3S/c1-10(2)9-21(18,19)15-7-6-14-16-12-5-4-11(20-3)8-13(12)17-14/h4-5,8,10,15H,6-7,9H2,1-3H3,(H,16,17). The largest absolute Gasteiger partial charge is 0.497 e. The molecule has 0 aliphatic heterocycles. The number of fused-ring (bicyclic) bond motifs is 1. The molecule has 1 heterocycles. The van der Waals surface area contributed by atoms with E-state index in [1.807, 2.05) is 32.0 Å². The van der Waals surface area contributed by atoms with Crippen molar-refractivity contribution in [2.45, 2.75) is 20.3 Å². The lowest BCUT2D eigenvalue weighted by Gasteiger charge is -2.07. The van der Waals surface area contributed by atoms with Gasteiger partial charge in [-0.1, -0.05) is 13.8 Å². The molecule has 0 atom stereocenters. The minimum atomic E-state index is -3.20. The van der Waals surface area contributed by atoms with Crippen LogP contribution in [-0.4, -0.2) is 37.8 Å². The molecule has 0 fully saturated rings. The molecule has 1 aromatic carbocycles. The number of imidazole rings is 1. The highest BCUT2D eigenvalue weighted by atomic mass is 32.2. The molecule has 0 unspecified atom stereocenters. The molecule has 2 rings (SSSR count). The Morgan fingerprint density at radius 2 is 2.14 bits per heavy atom. The van der Waals surface area contributed by atoms with Crippen molar-refractivity contribution in [3.63, 3.8) is 0 Å². The molecular weight excluding hydrogens is 290 g/mol. The Morgan fingerprint density at radius 1 is 1.38 bits per heavy atom. The first kappa shape index (κ1) is 15.8. The SMILES string of the molecule is COc1ccc2nc(CCNS(=O)(=O)CC(C)C)[nH]c2c1. The van der Waals surface area contributed by atoms with Crippen LogP contribution in [-0.2, 0) is 16.4 Å². The second-order valence-electron chi connectivity index (χ2n) is 5.39. The monoisotopic (exact) mass is 311 g/mol. The fraction of sp³-hybridized carbons (Fsp3) is 0.500. The van der Waals surface area contributed by atoms with Gasteiger partial charge in [-0.15, -0.1) is 0 Å². The van der Waals surface area contributed by atoms with Crippen LogP contribution in [0.2, 0.25) is 0 Å². The number of sulfonamides is 1. The maximum absolute atomic E-state index is 11.7. The molecule has 0 amide bonds.